The zero-order chi connectivity index (χ0) is 46.6. The van der Waals surface area contributed by atoms with E-state index in [1.807, 2.05) is 42.6 Å². The molecule has 65 heavy (non-hydrogen) atoms. The number of aryl methyl sites for hydroxylation is 1. The first-order chi connectivity index (χ1) is 30.9. The van der Waals surface area contributed by atoms with E-state index in [0.29, 0.717) is 35.4 Å². The highest BCUT2D eigenvalue weighted by atomic mass is 35.5. The molecule has 0 bridgehead atoms. The first-order valence-corrected chi connectivity index (χ1v) is 21.9. The molecule has 14 nitrogen and oxygen atoms in total. The standard InChI is InChI=1S/C45H49ClN8O4.C2HF3O2/c1-45(2,34-22-30(26-47)23-35(46)25-34)33-5-7-37(8-6-33)58-28-36-12-17-48-43(49-36)53-20-13-29(14-21-53)27-52-18-15-31(16-19-52)32-4-9-38-40(24-32)51(3)44(57)54(38)39-10-11-41(55)50-42(39)56;3-2(4,5)1(6)7/h4-9,12,17,22-25,29,31,39H,10-11,13-16,18-21,27-28H2,1-3H3,(H,50,55,56);(H,6,7). The molecule has 3 aliphatic rings. The lowest BCUT2D eigenvalue weighted by Crippen LogP contribution is -2.44. The van der Waals surface area contributed by atoms with Crippen molar-refractivity contribution in [1.82, 2.24) is 29.3 Å². The van der Waals surface area contributed by atoms with Crippen LogP contribution in [0.3, 0.4) is 0 Å². The van der Waals surface area contributed by atoms with Gasteiger partial charge in [-0.15, -0.1) is 0 Å². The van der Waals surface area contributed by atoms with E-state index in [1.54, 1.807) is 22.2 Å². The van der Waals surface area contributed by atoms with Crippen molar-refractivity contribution in [2.24, 2.45) is 13.0 Å². The van der Waals surface area contributed by atoms with Gasteiger partial charge < -0.3 is 19.6 Å². The molecule has 5 aromatic rings. The number of carbonyl (C=O) groups is 3. The number of carboxylic acid groups (broad SMARTS) is 1. The van der Waals surface area contributed by atoms with Gasteiger partial charge in [0.1, 0.15) is 18.4 Å². The fourth-order valence-electron chi connectivity index (χ4n) is 8.92. The first-order valence-electron chi connectivity index (χ1n) is 21.5. The van der Waals surface area contributed by atoms with Gasteiger partial charge in [-0.25, -0.2) is 19.6 Å². The van der Waals surface area contributed by atoms with Gasteiger partial charge in [0.2, 0.25) is 17.8 Å². The summed E-state index contributed by atoms with van der Waals surface area (Å²) in [5.41, 5.74) is 5.65. The topological polar surface area (TPSA) is 176 Å². The van der Waals surface area contributed by atoms with Gasteiger partial charge in [-0.05, 0) is 122 Å². The summed E-state index contributed by atoms with van der Waals surface area (Å²) in [4.78, 5) is 60.8. The van der Waals surface area contributed by atoms with E-state index in [-0.39, 0.29) is 23.4 Å². The molecule has 2 N–H and O–H groups in total. The number of nitrogens with one attached hydrogen (secondary N) is 1. The van der Waals surface area contributed by atoms with Gasteiger partial charge in [-0.2, -0.15) is 18.4 Å². The molecule has 0 spiro atoms. The number of piperidine rings is 3. The number of alkyl halides is 3. The Morgan fingerprint density at radius 1 is 0.923 bits per heavy atom. The van der Waals surface area contributed by atoms with Crippen molar-refractivity contribution in [3.63, 3.8) is 0 Å². The van der Waals surface area contributed by atoms with Crippen LogP contribution in [-0.4, -0.2) is 85.8 Å². The summed E-state index contributed by atoms with van der Waals surface area (Å²) >= 11 is 6.30. The molecule has 3 saturated heterocycles. The number of fused-ring (bicyclic) bond motifs is 1. The molecule has 8 rings (SSSR count). The molecule has 3 aliphatic heterocycles. The summed E-state index contributed by atoms with van der Waals surface area (Å²) in [6.45, 7) is 9.58. The lowest BCUT2D eigenvalue weighted by atomic mass is 9.78. The molecule has 3 fully saturated rings. The number of hydrogen-bond donors (Lipinski definition) is 2. The van der Waals surface area contributed by atoms with E-state index < -0.39 is 24.1 Å². The number of anilines is 1. The second-order valence-electron chi connectivity index (χ2n) is 17.4. The average molecular weight is 915 g/mol. The Hall–Kier alpha value is -6.25. The minimum absolute atomic E-state index is 0.228. The highest BCUT2D eigenvalue weighted by molar-refractivity contribution is 6.30. The van der Waals surface area contributed by atoms with Gasteiger partial charge in [0.25, 0.3) is 0 Å². The Balaban J connectivity index is 0.000000833. The van der Waals surface area contributed by atoms with Gasteiger partial charge in [0.15, 0.2) is 0 Å². The van der Waals surface area contributed by atoms with Gasteiger partial charge in [0, 0.05) is 49.7 Å². The number of carboxylic acids is 1. The fourth-order valence-corrected chi connectivity index (χ4v) is 9.15. The number of carbonyl (C=O) groups excluding carboxylic acids is 2. The maximum atomic E-state index is 13.2. The molecule has 0 aliphatic carbocycles. The Morgan fingerprint density at radius 3 is 2.26 bits per heavy atom. The minimum Gasteiger partial charge on any atom is -0.487 e. The molecule has 18 heteroatoms. The van der Waals surface area contributed by atoms with Crippen LogP contribution in [-0.2, 0) is 33.5 Å². The maximum Gasteiger partial charge on any atom is 0.490 e. The number of benzene rings is 3. The van der Waals surface area contributed by atoms with Gasteiger partial charge in [0.05, 0.1) is 28.4 Å². The van der Waals surface area contributed by atoms with Gasteiger partial charge in [-0.1, -0.05) is 43.6 Å². The number of aliphatic carboxylic acids is 1. The fraction of sp³-hybridized carbons (Fsp3) is 0.426. The molecule has 5 heterocycles. The van der Waals surface area contributed by atoms with Crippen molar-refractivity contribution in [2.75, 3.05) is 37.6 Å². The van der Waals surface area contributed by atoms with Crippen molar-refractivity contribution in [3.05, 3.63) is 116 Å². The lowest BCUT2D eigenvalue weighted by Gasteiger charge is -2.38. The van der Waals surface area contributed by atoms with Crippen molar-refractivity contribution in [3.8, 4) is 11.8 Å². The molecular formula is C47H50ClF3N8O6. The molecule has 2 aromatic heterocycles. The molecular weight excluding hydrogens is 865 g/mol. The number of aromatic nitrogens is 4. The highest BCUT2D eigenvalue weighted by Crippen LogP contribution is 2.36. The monoisotopic (exact) mass is 914 g/mol. The van der Waals surface area contributed by atoms with E-state index in [0.717, 1.165) is 98.0 Å². The number of rotatable bonds is 10. The summed E-state index contributed by atoms with van der Waals surface area (Å²) < 4.78 is 41.1. The van der Waals surface area contributed by atoms with Crippen LogP contribution in [0.1, 0.15) is 92.3 Å². The largest absolute Gasteiger partial charge is 0.490 e. The van der Waals surface area contributed by atoms with E-state index in [2.05, 4.69) is 64.3 Å². The molecule has 3 aromatic carbocycles. The van der Waals surface area contributed by atoms with E-state index >= 15 is 0 Å². The normalized spacial score (nSPS) is 17.9. The van der Waals surface area contributed by atoms with E-state index in [4.69, 9.17) is 31.2 Å². The van der Waals surface area contributed by atoms with Crippen molar-refractivity contribution in [1.29, 1.82) is 5.26 Å². The third-order valence-corrected chi connectivity index (χ3v) is 13.0. The van der Waals surface area contributed by atoms with Crippen LogP contribution >= 0.6 is 11.6 Å². The number of imidazole rings is 1. The predicted molar refractivity (Wildman–Crippen MR) is 237 cm³/mol. The van der Waals surface area contributed by atoms with Crippen LogP contribution < -0.4 is 20.6 Å². The van der Waals surface area contributed by atoms with E-state index in [1.165, 1.54) is 5.56 Å². The number of nitrogens with zero attached hydrogens (tertiary/aromatic N) is 7. The molecule has 1 atom stereocenters. The number of likely N-dealkylation sites (tertiary alicyclic amines) is 1. The second kappa shape index (κ2) is 19.5. The summed E-state index contributed by atoms with van der Waals surface area (Å²) in [6.07, 6.45) is 1.59. The quantitative estimate of drug-likeness (QED) is 0.135. The molecule has 0 radical (unpaired) electrons. The SMILES string of the molecule is Cn1c(=O)n(C2CCC(=O)NC2=O)c2ccc(C3CCN(CC4CCN(c5nccc(COc6ccc(C(C)(C)c7cc(Cl)cc(C#N)c7)cc6)n5)CC4)CC3)cc21.O=C(O)C(F)(F)F. The number of hydrogen-bond acceptors (Lipinski definition) is 10. The number of halogens is 4. The Kier molecular flexibility index (Phi) is 14.0. The Labute approximate surface area is 378 Å². The van der Waals surface area contributed by atoms with Crippen LogP contribution in [0.25, 0.3) is 11.0 Å². The second-order valence-corrected chi connectivity index (χ2v) is 17.8. The zero-order valence-corrected chi connectivity index (χ0v) is 37.0. The molecule has 2 amide bonds. The number of amides is 2. The first kappa shape index (κ1) is 46.7. The van der Waals surface area contributed by atoms with Crippen LogP contribution in [0, 0.1) is 17.2 Å². The molecule has 0 saturated carbocycles. The van der Waals surface area contributed by atoms with Crippen molar-refractivity contribution >= 4 is 46.4 Å². The number of imide groups is 1. The third-order valence-electron chi connectivity index (χ3n) is 12.8. The number of nitriles is 1. The zero-order valence-electron chi connectivity index (χ0n) is 36.3. The maximum absolute atomic E-state index is 13.2. The summed E-state index contributed by atoms with van der Waals surface area (Å²) in [7, 11) is 1.75. The van der Waals surface area contributed by atoms with E-state index in [9.17, 15) is 32.8 Å². The minimum atomic E-state index is -5.08. The smallest absolute Gasteiger partial charge is 0.487 e. The Bertz CT molecular complexity index is 2660. The Morgan fingerprint density at radius 2 is 1.62 bits per heavy atom. The molecule has 342 valence electrons. The van der Waals surface area contributed by atoms with Crippen LogP contribution in [0.5, 0.6) is 5.75 Å². The van der Waals surface area contributed by atoms with Crippen molar-refractivity contribution < 1.29 is 37.4 Å². The van der Waals surface area contributed by atoms with Gasteiger partial charge in [-0.3, -0.25) is 24.0 Å². The van der Waals surface area contributed by atoms with Crippen molar-refractivity contribution in [2.45, 2.75) is 82.5 Å². The summed E-state index contributed by atoms with van der Waals surface area (Å²) in [5.74, 6) is -0.923. The van der Waals surface area contributed by atoms with Crippen LogP contribution in [0.15, 0.2) is 77.7 Å². The van der Waals surface area contributed by atoms with Crippen LogP contribution in [0.4, 0.5) is 19.1 Å². The molecule has 1 unspecified atom stereocenters. The summed E-state index contributed by atoms with van der Waals surface area (Å²) in [6, 6.07) is 23.2. The average Bonchev–Trinajstić information content (AvgIpc) is 3.53. The van der Waals surface area contributed by atoms with Crippen LogP contribution in [0.2, 0.25) is 5.02 Å². The predicted octanol–water partition coefficient (Wildman–Crippen LogP) is 7.27. The third kappa shape index (κ3) is 10.8. The summed E-state index contributed by atoms with van der Waals surface area (Å²) in [5, 5.41) is 19.5. The van der Waals surface area contributed by atoms with Gasteiger partial charge >= 0.3 is 17.8 Å². The highest BCUT2D eigenvalue weighted by Gasteiger charge is 2.38. The number of ether oxygens (including phenoxy) is 1. The lowest BCUT2D eigenvalue weighted by molar-refractivity contribution is -0.192.